The van der Waals surface area contributed by atoms with Gasteiger partial charge in [0.15, 0.2) is 6.10 Å². The molecule has 0 saturated carbocycles. The largest absolute Gasteiger partial charge is 0.452 e. The van der Waals surface area contributed by atoms with Crippen molar-refractivity contribution >= 4 is 11.9 Å². The lowest BCUT2D eigenvalue weighted by Gasteiger charge is -2.17. The summed E-state index contributed by atoms with van der Waals surface area (Å²) in [5, 5.41) is 9.57. The predicted octanol–water partition coefficient (Wildman–Crippen LogP) is 9.35. The van der Waals surface area contributed by atoms with Crippen LogP contribution in [0, 0.1) is 0 Å². The Bertz CT molecular complexity index is 545. The van der Waals surface area contributed by atoms with Crippen molar-refractivity contribution < 1.29 is 24.2 Å². The van der Waals surface area contributed by atoms with Crippen LogP contribution >= 0.6 is 0 Å². The van der Waals surface area contributed by atoms with E-state index in [0.29, 0.717) is 12.8 Å². The second-order valence-electron chi connectivity index (χ2n) is 10.7. The number of esters is 2. The molecule has 0 fully saturated rings. The van der Waals surface area contributed by atoms with Crippen molar-refractivity contribution in [2.45, 2.75) is 174 Å². The third kappa shape index (κ3) is 24.7. The summed E-state index contributed by atoms with van der Waals surface area (Å²) in [5.41, 5.74) is 0. The van der Waals surface area contributed by atoms with Gasteiger partial charge in [-0.15, -0.1) is 0 Å². The lowest BCUT2D eigenvalue weighted by molar-refractivity contribution is -0.155. The molecule has 0 amide bonds. The van der Waals surface area contributed by atoms with Crippen LogP contribution in [0.15, 0.2) is 12.3 Å². The Morgan fingerprint density at radius 1 is 0.568 bits per heavy atom. The highest BCUT2D eigenvalue weighted by Crippen LogP contribution is 2.15. The number of unbranched alkanes of at least 4 members (excludes halogenated alkanes) is 20. The summed E-state index contributed by atoms with van der Waals surface area (Å²) >= 11 is 0. The summed E-state index contributed by atoms with van der Waals surface area (Å²) in [5.74, 6) is -0.735. The lowest BCUT2D eigenvalue weighted by atomic mass is 10.1. The van der Waals surface area contributed by atoms with Gasteiger partial charge < -0.3 is 14.6 Å². The van der Waals surface area contributed by atoms with E-state index in [1.165, 1.54) is 103 Å². The Morgan fingerprint density at radius 3 is 1.24 bits per heavy atom. The number of hydrogen-bond donors (Lipinski definition) is 1. The van der Waals surface area contributed by atoms with Crippen LogP contribution in [-0.4, -0.2) is 29.8 Å². The molecule has 0 bridgehead atoms. The highest BCUT2D eigenvalue weighted by molar-refractivity contribution is 5.71. The first kappa shape index (κ1) is 35.6. The monoisotopic (exact) mass is 524 g/mol. The third-order valence-corrected chi connectivity index (χ3v) is 7.01. The smallest absolute Gasteiger partial charge is 0.310 e. The molecule has 5 nitrogen and oxygen atoms in total. The molecule has 1 atom stereocenters. The molecule has 1 N–H and O–H groups in total. The zero-order chi connectivity index (χ0) is 27.4. The molecule has 218 valence electrons. The van der Waals surface area contributed by atoms with Crippen LogP contribution in [0.2, 0.25) is 0 Å². The van der Waals surface area contributed by atoms with Gasteiger partial charge in [-0.3, -0.25) is 9.59 Å². The second kappa shape index (κ2) is 27.7. The summed E-state index contributed by atoms with van der Waals surface area (Å²) in [4.78, 5) is 24.2. The molecule has 0 aliphatic carbocycles. The molecule has 0 aliphatic heterocycles. The minimum atomic E-state index is -0.985. The fraction of sp³-hybridized carbons (Fsp3) is 0.875. The van der Waals surface area contributed by atoms with Crippen molar-refractivity contribution in [2.24, 2.45) is 0 Å². The predicted molar refractivity (Wildman–Crippen MR) is 154 cm³/mol. The number of carbonyl (C=O) groups is 2. The number of ether oxygens (including phenoxy) is 2. The van der Waals surface area contributed by atoms with Gasteiger partial charge in [-0.05, 0) is 12.8 Å². The average molecular weight is 525 g/mol. The maximum atomic E-state index is 12.1. The van der Waals surface area contributed by atoms with Gasteiger partial charge in [0.2, 0.25) is 0 Å². The SMILES string of the molecule is C=C(OC(=O)CCCCCCCCCCCCC)C(CO)OC(=O)CCCCCCCCCCCCC. The van der Waals surface area contributed by atoms with E-state index in [-0.39, 0.29) is 17.7 Å². The minimum absolute atomic E-state index is 0.0165. The van der Waals surface area contributed by atoms with Gasteiger partial charge in [-0.2, -0.15) is 0 Å². The lowest BCUT2D eigenvalue weighted by Crippen LogP contribution is -2.26. The summed E-state index contributed by atoms with van der Waals surface area (Å²) in [7, 11) is 0. The van der Waals surface area contributed by atoms with Crippen molar-refractivity contribution in [3.63, 3.8) is 0 Å². The quantitative estimate of drug-likeness (QED) is 0.0627. The first-order chi connectivity index (χ1) is 18.0. The zero-order valence-corrected chi connectivity index (χ0v) is 24.5. The highest BCUT2D eigenvalue weighted by atomic mass is 16.6. The Morgan fingerprint density at radius 2 is 0.892 bits per heavy atom. The van der Waals surface area contributed by atoms with Gasteiger partial charge in [0.05, 0.1) is 6.61 Å². The minimum Gasteiger partial charge on any atom is -0.452 e. The first-order valence-electron chi connectivity index (χ1n) is 15.7. The molecule has 1 unspecified atom stereocenters. The van der Waals surface area contributed by atoms with Gasteiger partial charge in [-0.1, -0.05) is 149 Å². The molecule has 0 saturated heterocycles. The van der Waals surface area contributed by atoms with E-state index in [1.807, 2.05) is 0 Å². The third-order valence-electron chi connectivity index (χ3n) is 7.01. The summed E-state index contributed by atoms with van der Waals surface area (Å²) in [6.07, 6.45) is 26.5. The molecule has 0 aromatic rings. The van der Waals surface area contributed by atoms with Crippen LogP contribution in [-0.2, 0) is 19.1 Å². The maximum Gasteiger partial charge on any atom is 0.310 e. The number of carbonyl (C=O) groups excluding carboxylic acids is 2. The van der Waals surface area contributed by atoms with Crippen molar-refractivity contribution in [3.8, 4) is 0 Å². The van der Waals surface area contributed by atoms with Gasteiger partial charge in [0, 0.05) is 12.8 Å². The van der Waals surface area contributed by atoms with Crippen LogP contribution < -0.4 is 0 Å². The number of aliphatic hydroxyl groups excluding tert-OH is 1. The number of aliphatic hydroxyl groups is 1. The van der Waals surface area contributed by atoms with Crippen LogP contribution in [0.5, 0.6) is 0 Å². The first-order valence-corrected chi connectivity index (χ1v) is 15.7. The molecule has 0 rings (SSSR count). The maximum absolute atomic E-state index is 12.1. The van der Waals surface area contributed by atoms with Gasteiger partial charge >= 0.3 is 11.9 Å². The molecule has 0 aromatic heterocycles. The van der Waals surface area contributed by atoms with Crippen molar-refractivity contribution in [1.82, 2.24) is 0 Å². The van der Waals surface area contributed by atoms with Crippen molar-refractivity contribution in [3.05, 3.63) is 12.3 Å². The fourth-order valence-corrected chi connectivity index (χ4v) is 4.55. The van der Waals surface area contributed by atoms with Crippen LogP contribution in [0.25, 0.3) is 0 Å². The molecule has 37 heavy (non-hydrogen) atoms. The zero-order valence-electron chi connectivity index (χ0n) is 24.5. The molecular formula is C32H60O5. The van der Waals surface area contributed by atoms with Crippen LogP contribution in [0.3, 0.4) is 0 Å². The summed E-state index contributed by atoms with van der Waals surface area (Å²) in [6, 6.07) is 0. The molecule has 0 spiro atoms. The Balaban J connectivity index is 3.73. The van der Waals surface area contributed by atoms with E-state index in [1.54, 1.807) is 0 Å². The number of rotatable bonds is 28. The summed E-state index contributed by atoms with van der Waals surface area (Å²) < 4.78 is 10.5. The molecule has 5 heteroatoms. The molecule has 0 aliphatic rings. The van der Waals surface area contributed by atoms with Gasteiger partial charge in [0.25, 0.3) is 0 Å². The van der Waals surface area contributed by atoms with Gasteiger partial charge in [-0.25, -0.2) is 0 Å². The van der Waals surface area contributed by atoms with E-state index >= 15 is 0 Å². The van der Waals surface area contributed by atoms with E-state index in [2.05, 4.69) is 20.4 Å². The van der Waals surface area contributed by atoms with E-state index in [0.717, 1.165) is 38.5 Å². The molecule has 0 heterocycles. The molecule has 0 radical (unpaired) electrons. The fourth-order valence-electron chi connectivity index (χ4n) is 4.55. The number of hydrogen-bond acceptors (Lipinski definition) is 5. The second-order valence-corrected chi connectivity index (χ2v) is 10.7. The average Bonchev–Trinajstić information content (AvgIpc) is 2.88. The van der Waals surface area contributed by atoms with E-state index < -0.39 is 12.7 Å². The Labute approximate surface area is 229 Å². The highest BCUT2D eigenvalue weighted by Gasteiger charge is 2.20. The van der Waals surface area contributed by atoms with Crippen molar-refractivity contribution in [2.75, 3.05) is 6.61 Å². The Hall–Kier alpha value is -1.36. The molecule has 0 aromatic carbocycles. The van der Waals surface area contributed by atoms with Crippen LogP contribution in [0.1, 0.15) is 168 Å². The topological polar surface area (TPSA) is 72.8 Å². The van der Waals surface area contributed by atoms with Gasteiger partial charge in [0.1, 0.15) is 5.76 Å². The van der Waals surface area contributed by atoms with E-state index in [4.69, 9.17) is 9.47 Å². The van der Waals surface area contributed by atoms with Crippen LogP contribution in [0.4, 0.5) is 0 Å². The standard InChI is InChI=1S/C32H60O5/c1-4-6-8-10-12-14-16-18-20-22-24-26-31(34)36-29(3)30(28-33)37-32(35)27-25-23-21-19-17-15-13-11-9-7-5-2/h30,33H,3-28H2,1-2H3. The van der Waals surface area contributed by atoms with E-state index in [9.17, 15) is 14.7 Å². The normalized spacial score (nSPS) is 11.9. The molecular weight excluding hydrogens is 464 g/mol. The summed E-state index contributed by atoms with van der Waals surface area (Å²) in [6.45, 7) is 7.75. The Kier molecular flexibility index (Phi) is 26.7. The van der Waals surface area contributed by atoms with Crippen molar-refractivity contribution in [1.29, 1.82) is 0 Å².